The van der Waals surface area contributed by atoms with Gasteiger partial charge in [-0.1, -0.05) is 176 Å². The lowest BCUT2D eigenvalue weighted by molar-refractivity contribution is -0.142. The highest BCUT2D eigenvalue weighted by Crippen LogP contribution is 2.42. The van der Waals surface area contributed by atoms with Crippen LogP contribution in [0.5, 0.6) is 0 Å². The average molecular weight is 1940 g/mol. The molecule has 0 fully saturated rings. The van der Waals surface area contributed by atoms with Gasteiger partial charge in [0.05, 0.1) is 114 Å². The Balaban J connectivity index is 0.000000124. The molecule has 14 heterocycles. The monoisotopic (exact) mass is 1940 g/mol. The van der Waals surface area contributed by atoms with Crippen molar-refractivity contribution in [2.24, 2.45) is 0 Å². The van der Waals surface area contributed by atoms with Crippen LogP contribution in [0.1, 0.15) is 102 Å². The molecular weight excluding hydrogens is 1860 g/mol. The van der Waals surface area contributed by atoms with Gasteiger partial charge in [-0.2, -0.15) is 38.5 Å². The Morgan fingerprint density at radius 3 is 1.00 bits per heavy atom. The van der Waals surface area contributed by atoms with Crippen LogP contribution in [0.3, 0.4) is 0 Å². The van der Waals surface area contributed by atoms with E-state index in [0.717, 1.165) is 67.3 Å². The second kappa shape index (κ2) is 37.6. The van der Waals surface area contributed by atoms with Gasteiger partial charge < -0.3 is 38.3 Å². The molecule has 0 saturated heterocycles. The lowest BCUT2D eigenvalue weighted by atomic mass is 9.88. The van der Waals surface area contributed by atoms with Gasteiger partial charge in [-0.05, 0) is 123 Å². The third kappa shape index (κ3) is 17.7. The highest BCUT2D eigenvalue weighted by atomic mass is 79.9. The maximum atomic E-state index is 12.6. The molecule has 36 heteroatoms. The number of nitrogens with one attached hydrogen (secondary N) is 1. The number of Topliss-reactive ketones (excluding diaryl/α,β-unsaturated/α-hetero) is 3. The number of sulfonamides is 1. The maximum Gasteiger partial charge on any atom is 0.335 e. The molecule has 1 aliphatic rings. The first kappa shape index (κ1) is 91.8. The van der Waals surface area contributed by atoms with Crippen molar-refractivity contribution in [2.75, 3.05) is 22.9 Å². The number of carbonyl (C=O) groups is 7. The Kier molecular flexibility index (Phi) is 24.7. The number of carboxylic acids is 3. The zero-order valence-corrected chi connectivity index (χ0v) is 77.0. The van der Waals surface area contributed by atoms with Crippen molar-refractivity contribution >= 4 is 113 Å². The van der Waals surface area contributed by atoms with Gasteiger partial charge in [0.15, 0.2) is 39.9 Å². The summed E-state index contributed by atoms with van der Waals surface area (Å²) < 4.78 is 32.9. The van der Waals surface area contributed by atoms with Crippen LogP contribution in [0.4, 0.5) is 23.3 Å². The molecule has 34 nitrogen and oxygen atoms in total. The number of ketones is 3. The molecule has 0 atom stereocenters. The fourth-order valence-corrected chi connectivity index (χ4v) is 17.6. The van der Waals surface area contributed by atoms with Crippen molar-refractivity contribution in [1.29, 1.82) is 0 Å². The van der Waals surface area contributed by atoms with E-state index in [1.54, 1.807) is 106 Å². The predicted octanol–water partition coefficient (Wildman–Crippen LogP) is 17.8. The van der Waals surface area contributed by atoms with Gasteiger partial charge in [-0.25, -0.2) is 42.7 Å². The minimum absolute atomic E-state index is 0.0849. The Bertz CT molecular complexity index is 8490. The summed E-state index contributed by atoms with van der Waals surface area (Å²) in [6.07, 6.45) is 15.1. The lowest BCUT2D eigenvalue weighted by Crippen LogP contribution is -2.29. The molecule has 140 heavy (non-hydrogen) atoms. The molecule has 0 bridgehead atoms. The number of nitrogen functional groups attached to an aromatic ring is 4. The average Bonchev–Trinajstić information content (AvgIpc) is 1.58. The van der Waals surface area contributed by atoms with Crippen LogP contribution >= 0.6 is 15.9 Å². The third-order valence-corrected chi connectivity index (χ3v) is 25.5. The van der Waals surface area contributed by atoms with Crippen molar-refractivity contribution in [3.63, 3.8) is 0 Å². The number of halogens is 1. The predicted molar refractivity (Wildman–Crippen MR) is 531 cm³/mol. The molecule has 13 aromatic heterocycles. The zero-order chi connectivity index (χ0) is 98.3. The summed E-state index contributed by atoms with van der Waals surface area (Å²) in [5, 5.41) is 45.6. The molecule has 12 N–H and O–H groups in total. The number of nitrogens with two attached hydrogens (primary N) is 4. The van der Waals surface area contributed by atoms with Crippen LogP contribution in [0.25, 0.3) is 157 Å². The normalized spacial score (nSPS) is 11.9. The van der Waals surface area contributed by atoms with Crippen LogP contribution in [-0.2, 0) is 20.2 Å². The van der Waals surface area contributed by atoms with Gasteiger partial charge in [0.2, 0.25) is 0 Å². The van der Waals surface area contributed by atoms with Crippen LogP contribution in [0.15, 0.2) is 314 Å². The Morgan fingerprint density at radius 1 is 0.336 bits per heavy atom. The number of aromatic carboxylic acids is 2. The molecule has 7 aromatic carbocycles. The molecule has 1 aliphatic heterocycles. The second-order valence-electron chi connectivity index (χ2n) is 32.6. The summed E-state index contributed by atoms with van der Waals surface area (Å²) in [6.45, 7) is 7.37. The summed E-state index contributed by atoms with van der Waals surface area (Å²) in [7, 11) is -3.92. The molecule has 0 spiro atoms. The number of hydrogen-bond donors (Lipinski definition) is 8. The lowest BCUT2D eigenvalue weighted by Gasteiger charge is -2.19. The molecule has 0 saturated carbocycles. The van der Waals surface area contributed by atoms with E-state index < -0.39 is 39.3 Å². The first-order valence-corrected chi connectivity index (χ1v) is 45.2. The first-order valence-electron chi connectivity index (χ1n) is 42.9. The van der Waals surface area contributed by atoms with E-state index in [-0.39, 0.29) is 73.1 Å². The number of nitrogens with zero attached hydrogens (tertiary/aromatic N) is 17. The quantitative estimate of drug-likeness (QED) is 0.0349. The largest absolute Gasteiger partial charge is 0.481 e. The zero-order valence-electron chi connectivity index (χ0n) is 74.6. The smallest absolute Gasteiger partial charge is 0.335 e. The minimum atomic E-state index is -3.92. The van der Waals surface area contributed by atoms with E-state index in [2.05, 4.69) is 61.2 Å². The Labute approximate surface area is 803 Å². The summed E-state index contributed by atoms with van der Waals surface area (Å²) in [5.74, 6) is -3.85. The number of benzene rings is 7. The topological polar surface area (TPSA) is 516 Å². The molecular formula is C104H77BrN22O12S. The van der Waals surface area contributed by atoms with Crippen LogP contribution < -0.4 is 27.7 Å². The van der Waals surface area contributed by atoms with Gasteiger partial charge in [-0.3, -0.25) is 48.9 Å². The molecule has 0 aliphatic carbocycles. The van der Waals surface area contributed by atoms with Crippen LogP contribution in [0.2, 0.25) is 0 Å². The van der Waals surface area contributed by atoms with E-state index in [4.69, 9.17) is 42.9 Å². The summed E-state index contributed by atoms with van der Waals surface area (Å²) >= 11 is 3.47. The summed E-state index contributed by atoms with van der Waals surface area (Å²) in [4.78, 5) is 125. The number of fused-ring (bicyclic) bond motifs is 5. The number of rotatable bonds is 19. The fraction of sp³-hybridized carbons (Fsp3) is 0.0577. The Morgan fingerprint density at radius 2 is 0.657 bits per heavy atom. The van der Waals surface area contributed by atoms with E-state index in [1.807, 2.05) is 175 Å². The number of pyridine rings is 5. The van der Waals surface area contributed by atoms with Gasteiger partial charge >= 0.3 is 17.9 Å². The van der Waals surface area contributed by atoms with Gasteiger partial charge in [0.1, 0.15) is 33.6 Å². The highest BCUT2D eigenvalue weighted by molar-refractivity contribution is 9.10. The highest BCUT2D eigenvalue weighted by Gasteiger charge is 2.35. The van der Waals surface area contributed by atoms with Crippen molar-refractivity contribution in [2.45, 2.75) is 44.9 Å². The van der Waals surface area contributed by atoms with E-state index in [0.29, 0.717) is 106 Å². The molecule has 1 amide bonds. The first-order chi connectivity index (χ1) is 67.4. The number of carboxylic acid groups (broad SMARTS) is 3. The number of amides is 1. The number of anilines is 4. The van der Waals surface area contributed by atoms with Crippen molar-refractivity contribution < 1.29 is 57.3 Å². The fourth-order valence-electron chi connectivity index (χ4n) is 15.9. The van der Waals surface area contributed by atoms with Crippen molar-refractivity contribution in [3.05, 3.63) is 348 Å². The van der Waals surface area contributed by atoms with E-state index in [1.165, 1.54) is 81.4 Å². The standard InChI is InChI=1S/C28H24N6O3.2C26H19N5O3.C24H15BrN6O3S/c1-16(35)23-24(19-10-12-22(31-14-19)28(2,3)27(36)37)33-26-20(15-32-34(26)25(23)29)18-9-11-21(30-13-18)17-7-5-4-6-8-17;1-15(32)22-23(17-8-5-9-18(12-17)26(33)34)30-25-20(14-29-31(25)24(22)27)19-10-11-21(28-13-19)16-6-3-2-4-7-16;1-15(32)22-23(17-7-9-18(10-8-17)26(33)34)30-25-20(14-29-31(25)24(22)27)19-11-12-21(28-13-19)16-5-3-2-4-6-16;25-20-21(14-6-8-16-19(10-14)35(33,34)30-24(16)32)29-23-17(12-28-31(23)22(20)26)15-7-9-18(27-11-15)13-4-2-1-3-5-13/h4-15H,29H2,1-3H3,(H,36,37);2*2-14H,27H2,1H3,(H,33,34);1-12H,26H2,(H,30,32). The molecule has 21 rings (SSSR count). The molecule has 688 valence electrons. The SMILES string of the molecule is CC(=O)c1c(-c2ccc(C(=O)O)cc2)nc2c(-c3ccc(-c4ccccc4)nc3)cnn2c1N.CC(=O)c1c(-c2ccc(C(C)(C)C(=O)O)nc2)nc2c(-c3ccc(-c4ccccc4)nc3)cnn2c1N.CC(=O)c1c(-c2cccc(C(=O)O)c2)nc2c(-c3ccc(-c4ccccc4)nc3)cnn2c1N.Nc1c(Br)c(-c2ccc3c(c2)S(=O)(=O)NC3=O)nc2c(-c3ccc(-c4ccccc4)nc3)cnn12. The van der Waals surface area contributed by atoms with E-state index >= 15 is 0 Å². The van der Waals surface area contributed by atoms with Crippen LogP contribution in [-0.4, -0.2) is 148 Å². The second-order valence-corrected chi connectivity index (χ2v) is 35.1. The summed E-state index contributed by atoms with van der Waals surface area (Å²) in [6, 6.07) is 75.0. The maximum absolute atomic E-state index is 12.6. The van der Waals surface area contributed by atoms with E-state index in [9.17, 15) is 57.3 Å². The van der Waals surface area contributed by atoms with Crippen molar-refractivity contribution in [3.8, 4) is 135 Å². The van der Waals surface area contributed by atoms with Crippen LogP contribution in [0, 0.1) is 0 Å². The molecule has 0 radical (unpaired) electrons. The molecule has 20 aromatic rings. The number of aliphatic carboxylic acids is 1. The Hall–Kier alpha value is -18.7. The minimum Gasteiger partial charge on any atom is -0.481 e. The van der Waals surface area contributed by atoms with Gasteiger partial charge in [0.25, 0.3) is 15.9 Å². The number of aromatic nitrogens is 17. The molecule has 0 unspecified atom stereocenters. The van der Waals surface area contributed by atoms with Gasteiger partial charge in [0, 0.05) is 120 Å². The van der Waals surface area contributed by atoms with Gasteiger partial charge in [-0.15, -0.1) is 0 Å². The van der Waals surface area contributed by atoms with Crippen molar-refractivity contribution in [1.82, 2.24) is 88.0 Å². The number of hydrogen-bond acceptors (Lipinski definition) is 26. The summed E-state index contributed by atoms with van der Waals surface area (Å²) in [5.41, 5.74) is 44.3. The third-order valence-electron chi connectivity index (χ3n) is 23.3. The number of carbonyl (C=O) groups excluding carboxylic acids is 4.